The third-order valence-corrected chi connectivity index (χ3v) is 6.90. The molecule has 0 radical (unpaired) electrons. The topological polar surface area (TPSA) is 193 Å². The molecule has 0 spiro atoms. The molecule has 6 N–H and O–H groups in total. The van der Waals surface area contributed by atoms with E-state index in [-0.39, 0.29) is 12.0 Å². The molecule has 2 rings (SSSR count). The van der Waals surface area contributed by atoms with Gasteiger partial charge in [-0.25, -0.2) is 13.2 Å². The summed E-state index contributed by atoms with van der Waals surface area (Å²) >= 11 is 5.82. The van der Waals surface area contributed by atoms with Crippen molar-refractivity contribution in [2.75, 3.05) is 5.75 Å². The molecule has 13 heteroatoms. The Morgan fingerprint density at radius 2 is 1.53 bits per heavy atom. The maximum absolute atomic E-state index is 13.0. The lowest BCUT2D eigenvalue weighted by Crippen LogP contribution is -2.52. The Kier molecular flexibility index (Phi) is 10.4. The van der Waals surface area contributed by atoms with Crippen LogP contribution in [-0.2, 0) is 34.8 Å². The number of sulfone groups is 1. The molecule has 0 aliphatic rings. The minimum Gasteiger partial charge on any atom is -0.480 e. The van der Waals surface area contributed by atoms with Gasteiger partial charge in [-0.15, -0.1) is 0 Å². The van der Waals surface area contributed by atoms with E-state index in [4.69, 9.17) is 22.4 Å². The van der Waals surface area contributed by atoms with Gasteiger partial charge in [0.05, 0.1) is 11.5 Å². The predicted molar refractivity (Wildman–Crippen MR) is 131 cm³/mol. The molecule has 0 aromatic heterocycles. The van der Waals surface area contributed by atoms with E-state index < -0.39 is 69.6 Å². The fourth-order valence-corrected chi connectivity index (χ4v) is 4.87. The summed E-state index contributed by atoms with van der Waals surface area (Å²) in [7, 11) is -3.99. The Balaban J connectivity index is 2.23. The Labute approximate surface area is 212 Å². The Bertz CT molecular complexity index is 1190. The highest BCUT2D eigenvalue weighted by molar-refractivity contribution is 7.90. The molecule has 0 aliphatic heterocycles. The highest BCUT2D eigenvalue weighted by atomic mass is 35.5. The van der Waals surface area contributed by atoms with E-state index in [2.05, 4.69) is 10.6 Å². The number of carboxylic acids is 2. The zero-order chi connectivity index (χ0) is 26.9. The van der Waals surface area contributed by atoms with Crippen molar-refractivity contribution in [1.29, 1.82) is 0 Å². The van der Waals surface area contributed by atoms with Gasteiger partial charge in [-0.05, 0) is 29.7 Å². The van der Waals surface area contributed by atoms with Gasteiger partial charge in [0.1, 0.15) is 12.1 Å². The van der Waals surface area contributed by atoms with Crippen LogP contribution in [-0.4, -0.2) is 60.2 Å². The maximum atomic E-state index is 13.0. The van der Waals surface area contributed by atoms with Crippen LogP contribution in [0.15, 0.2) is 54.6 Å². The third-order valence-electron chi connectivity index (χ3n) is 5.04. The fourth-order valence-electron chi connectivity index (χ4n) is 3.18. The predicted octanol–water partition coefficient (Wildman–Crippen LogP) is 0.874. The van der Waals surface area contributed by atoms with E-state index in [0.717, 1.165) is 0 Å². The average Bonchev–Trinajstić information content (AvgIpc) is 2.81. The summed E-state index contributed by atoms with van der Waals surface area (Å²) in [6.45, 7) is 0. The fraction of sp³-hybridized carbons (Fsp3) is 0.304. The number of aliphatic carboxylic acids is 2. The van der Waals surface area contributed by atoms with Gasteiger partial charge in [0, 0.05) is 11.4 Å². The summed E-state index contributed by atoms with van der Waals surface area (Å²) in [6, 6.07) is 9.24. The molecule has 0 saturated heterocycles. The van der Waals surface area contributed by atoms with Gasteiger partial charge in [0.25, 0.3) is 0 Å². The largest absolute Gasteiger partial charge is 0.480 e. The Morgan fingerprint density at radius 3 is 2.08 bits per heavy atom. The quantitative estimate of drug-likeness (QED) is 0.245. The van der Waals surface area contributed by atoms with Crippen LogP contribution in [0.4, 0.5) is 0 Å². The number of carbonyl (C=O) groups excluding carboxylic acids is 2. The molecule has 36 heavy (non-hydrogen) atoms. The molecule has 2 aromatic carbocycles. The van der Waals surface area contributed by atoms with Gasteiger partial charge in [-0.1, -0.05) is 54.1 Å². The molecule has 0 bridgehead atoms. The van der Waals surface area contributed by atoms with Crippen LogP contribution in [0.25, 0.3) is 0 Å². The smallest absolute Gasteiger partial charge is 0.330 e. The van der Waals surface area contributed by atoms with Gasteiger partial charge in [-0.3, -0.25) is 14.4 Å². The molecule has 3 atom stereocenters. The SMILES string of the molecule is N[C@@H](CCC(=O)N[C@@H](CS(=O)(=O)Cc1ccc(Cl)cc1)C(=O)N[C@@H](C(=O)O)c1ccccc1)C(=O)O. The van der Waals surface area contributed by atoms with Gasteiger partial charge in [0.2, 0.25) is 11.8 Å². The molecule has 194 valence electrons. The van der Waals surface area contributed by atoms with Crippen LogP contribution in [0.2, 0.25) is 5.02 Å². The molecule has 11 nitrogen and oxygen atoms in total. The number of carboxylic acid groups (broad SMARTS) is 2. The second-order valence-electron chi connectivity index (χ2n) is 7.98. The lowest BCUT2D eigenvalue weighted by atomic mass is 10.1. The first-order chi connectivity index (χ1) is 16.9. The third kappa shape index (κ3) is 9.29. The van der Waals surface area contributed by atoms with Crippen LogP contribution >= 0.6 is 11.6 Å². The number of hydrogen-bond acceptors (Lipinski definition) is 7. The highest BCUT2D eigenvalue weighted by Crippen LogP contribution is 2.15. The number of hydrogen-bond donors (Lipinski definition) is 5. The monoisotopic (exact) mass is 539 g/mol. The van der Waals surface area contributed by atoms with Crippen LogP contribution < -0.4 is 16.4 Å². The highest BCUT2D eigenvalue weighted by Gasteiger charge is 2.31. The van der Waals surface area contributed by atoms with E-state index in [9.17, 15) is 32.7 Å². The summed E-state index contributed by atoms with van der Waals surface area (Å²) in [6.07, 6.45) is -0.648. The van der Waals surface area contributed by atoms with Crippen molar-refractivity contribution in [3.8, 4) is 0 Å². The van der Waals surface area contributed by atoms with Crippen molar-refractivity contribution in [3.05, 3.63) is 70.7 Å². The first-order valence-electron chi connectivity index (χ1n) is 10.7. The lowest BCUT2D eigenvalue weighted by Gasteiger charge is -2.22. The van der Waals surface area contributed by atoms with E-state index in [0.29, 0.717) is 10.6 Å². The number of rotatable bonds is 13. The van der Waals surface area contributed by atoms with Crippen molar-refractivity contribution < 1.29 is 37.8 Å². The van der Waals surface area contributed by atoms with Crippen LogP contribution in [0.5, 0.6) is 0 Å². The van der Waals surface area contributed by atoms with Crippen LogP contribution in [0.1, 0.15) is 30.0 Å². The van der Waals surface area contributed by atoms with Gasteiger partial charge < -0.3 is 26.6 Å². The molecule has 0 aliphatic carbocycles. The number of halogens is 1. The van der Waals surface area contributed by atoms with Crippen molar-refractivity contribution in [3.63, 3.8) is 0 Å². The van der Waals surface area contributed by atoms with Crippen molar-refractivity contribution >= 4 is 45.2 Å². The summed E-state index contributed by atoms with van der Waals surface area (Å²) in [4.78, 5) is 48.0. The number of nitrogens with one attached hydrogen (secondary N) is 2. The maximum Gasteiger partial charge on any atom is 0.330 e. The standard InChI is InChI=1S/C23H26ClN3O8S/c24-16-8-6-14(7-9-16)12-36(34,35)13-18(26-19(28)11-10-17(25)22(30)31)21(29)27-20(23(32)33)15-4-2-1-3-5-15/h1-9,17-18,20H,10-13,25H2,(H,26,28)(H,27,29)(H,30,31)(H,32,33)/t17-,18-,20+/m0/s1. The van der Waals surface area contributed by atoms with E-state index >= 15 is 0 Å². The Morgan fingerprint density at radius 1 is 0.917 bits per heavy atom. The summed E-state index contributed by atoms with van der Waals surface area (Å²) in [5, 5.41) is 23.4. The minimum atomic E-state index is -3.99. The van der Waals surface area contributed by atoms with E-state index in [1.807, 2.05) is 0 Å². The van der Waals surface area contributed by atoms with Gasteiger partial charge >= 0.3 is 11.9 Å². The molecular formula is C23H26ClN3O8S. The average molecular weight is 540 g/mol. The van der Waals surface area contributed by atoms with Crippen LogP contribution in [0, 0.1) is 0 Å². The van der Waals surface area contributed by atoms with Crippen molar-refractivity contribution in [2.45, 2.75) is 36.7 Å². The lowest BCUT2D eigenvalue weighted by molar-refractivity contribution is -0.142. The van der Waals surface area contributed by atoms with Crippen molar-refractivity contribution in [1.82, 2.24) is 10.6 Å². The molecule has 2 amide bonds. The normalized spacial score (nSPS) is 13.7. The number of nitrogens with two attached hydrogens (primary N) is 1. The van der Waals surface area contributed by atoms with Gasteiger partial charge in [-0.2, -0.15) is 0 Å². The summed E-state index contributed by atoms with van der Waals surface area (Å²) < 4.78 is 25.7. The first kappa shape index (κ1) is 28.8. The summed E-state index contributed by atoms with van der Waals surface area (Å²) in [5.41, 5.74) is 6.02. The van der Waals surface area contributed by atoms with Gasteiger partial charge in [0.15, 0.2) is 15.9 Å². The molecule has 0 fully saturated rings. The zero-order valence-electron chi connectivity index (χ0n) is 19.0. The summed E-state index contributed by atoms with van der Waals surface area (Å²) in [5.74, 6) is -5.87. The number of carbonyl (C=O) groups is 4. The number of benzene rings is 2. The first-order valence-corrected chi connectivity index (χ1v) is 12.9. The second kappa shape index (κ2) is 13.0. The molecule has 2 aromatic rings. The minimum absolute atomic E-state index is 0.236. The van der Waals surface area contributed by atoms with E-state index in [1.165, 1.54) is 36.4 Å². The van der Waals surface area contributed by atoms with Crippen LogP contribution in [0.3, 0.4) is 0 Å². The molecule has 0 saturated carbocycles. The van der Waals surface area contributed by atoms with E-state index in [1.54, 1.807) is 18.2 Å². The molecule has 0 unspecified atom stereocenters. The zero-order valence-corrected chi connectivity index (χ0v) is 20.5. The second-order valence-corrected chi connectivity index (χ2v) is 10.5. The molecule has 0 heterocycles. The van der Waals surface area contributed by atoms with Crippen molar-refractivity contribution in [2.24, 2.45) is 5.73 Å². The Hall–Kier alpha value is -3.48. The number of amides is 2. The molecular weight excluding hydrogens is 514 g/mol.